The Bertz CT molecular complexity index is 752. The number of thiazole rings is 1. The van der Waals surface area contributed by atoms with Crippen LogP contribution in [-0.4, -0.2) is 39.7 Å². The van der Waals surface area contributed by atoms with Gasteiger partial charge in [0, 0.05) is 17.3 Å². The molecule has 0 aromatic carbocycles. The lowest BCUT2D eigenvalue weighted by molar-refractivity contribution is -0.192. The molecular weight excluding hydrogens is 387 g/mol. The number of hydrogen-bond acceptors (Lipinski definition) is 6. The van der Waals surface area contributed by atoms with Gasteiger partial charge in [-0.2, -0.15) is 13.2 Å². The number of carboxylic acid groups (broad SMARTS) is 1. The van der Waals surface area contributed by atoms with Crippen molar-refractivity contribution in [3.63, 3.8) is 0 Å². The van der Waals surface area contributed by atoms with Gasteiger partial charge in [-0.05, 0) is 25.5 Å². The first-order valence-electron chi connectivity index (χ1n) is 7.68. The van der Waals surface area contributed by atoms with E-state index in [0.717, 1.165) is 22.8 Å². The van der Waals surface area contributed by atoms with Crippen LogP contribution in [0.1, 0.15) is 23.3 Å². The summed E-state index contributed by atoms with van der Waals surface area (Å²) < 4.78 is 37.3. The van der Waals surface area contributed by atoms with E-state index in [2.05, 4.69) is 15.3 Å². The van der Waals surface area contributed by atoms with Crippen molar-refractivity contribution >= 4 is 23.2 Å². The Morgan fingerprint density at radius 2 is 2.00 bits per heavy atom. The number of amides is 1. The van der Waals surface area contributed by atoms with Gasteiger partial charge in [0.05, 0.1) is 12.2 Å². The number of rotatable bonds is 6. The molecule has 11 heteroatoms. The maximum Gasteiger partial charge on any atom is 0.490 e. The molecule has 0 spiro atoms. The molecule has 7 nitrogen and oxygen atoms in total. The third-order valence-electron chi connectivity index (χ3n) is 2.93. The molecule has 2 heterocycles. The van der Waals surface area contributed by atoms with Crippen molar-refractivity contribution in [3.8, 4) is 5.75 Å². The summed E-state index contributed by atoms with van der Waals surface area (Å²) in [4.78, 5) is 29.1. The highest BCUT2D eigenvalue weighted by atomic mass is 32.1. The number of ether oxygens (including phenoxy) is 1. The lowest BCUT2D eigenvalue weighted by atomic mass is 10.2. The van der Waals surface area contributed by atoms with Gasteiger partial charge in [0.1, 0.15) is 10.8 Å². The fourth-order valence-electron chi connectivity index (χ4n) is 1.69. The Labute approximate surface area is 157 Å². The molecule has 148 valence electrons. The number of aliphatic carboxylic acids is 1. The van der Waals surface area contributed by atoms with Gasteiger partial charge >= 0.3 is 12.1 Å². The number of carbonyl (C=O) groups excluding carboxylic acids is 1. The molecule has 27 heavy (non-hydrogen) atoms. The van der Waals surface area contributed by atoms with Crippen molar-refractivity contribution in [2.45, 2.75) is 33.0 Å². The van der Waals surface area contributed by atoms with E-state index < -0.39 is 12.1 Å². The SMILES string of the molecule is CCc1nc(C)ccc1OCC(=O)NCc1nccs1.O=C(O)C(F)(F)F. The van der Waals surface area contributed by atoms with E-state index in [9.17, 15) is 18.0 Å². The molecule has 0 bridgehead atoms. The molecule has 0 radical (unpaired) electrons. The van der Waals surface area contributed by atoms with Crippen molar-refractivity contribution in [3.05, 3.63) is 40.1 Å². The third kappa shape index (κ3) is 8.49. The maximum atomic E-state index is 11.7. The number of hydrogen-bond donors (Lipinski definition) is 2. The number of halogens is 3. The standard InChI is InChI=1S/C14H17N3O2S.C2HF3O2/c1-3-11-12(5-4-10(2)17-11)19-9-13(18)16-8-14-15-6-7-20-14;3-2(4,5)1(6)7/h4-7H,3,8-9H2,1-2H3,(H,16,18);(H,6,7). The lowest BCUT2D eigenvalue weighted by Gasteiger charge is -2.10. The van der Waals surface area contributed by atoms with E-state index in [0.29, 0.717) is 12.3 Å². The van der Waals surface area contributed by atoms with Crippen molar-refractivity contribution in [1.29, 1.82) is 0 Å². The van der Waals surface area contributed by atoms with Gasteiger partial charge < -0.3 is 15.2 Å². The summed E-state index contributed by atoms with van der Waals surface area (Å²) in [5, 5.41) is 12.7. The third-order valence-corrected chi connectivity index (χ3v) is 3.71. The molecular formula is C16H18F3N3O4S. The molecule has 2 aromatic rings. The number of nitrogens with one attached hydrogen (secondary N) is 1. The van der Waals surface area contributed by atoms with Crippen LogP contribution in [0, 0.1) is 6.92 Å². The molecule has 2 N–H and O–H groups in total. The zero-order valence-corrected chi connectivity index (χ0v) is 15.4. The quantitative estimate of drug-likeness (QED) is 0.766. The Hall–Kier alpha value is -2.69. The zero-order valence-electron chi connectivity index (χ0n) is 14.5. The van der Waals surface area contributed by atoms with Crippen LogP contribution in [0.3, 0.4) is 0 Å². The Morgan fingerprint density at radius 1 is 1.33 bits per heavy atom. The minimum absolute atomic E-state index is 0.0108. The van der Waals surface area contributed by atoms with Crippen molar-refractivity contribution in [2.75, 3.05) is 6.61 Å². The number of carbonyl (C=O) groups is 2. The summed E-state index contributed by atoms with van der Waals surface area (Å²) in [6.45, 7) is 4.37. The highest BCUT2D eigenvalue weighted by molar-refractivity contribution is 7.09. The van der Waals surface area contributed by atoms with Gasteiger partial charge in [-0.15, -0.1) is 11.3 Å². The summed E-state index contributed by atoms with van der Waals surface area (Å²) in [5.41, 5.74) is 1.82. The molecule has 0 saturated carbocycles. The Balaban J connectivity index is 0.000000445. The Morgan fingerprint density at radius 3 is 2.52 bits per heavy atom. The second-order valence-corrected chi connectivity index (χ2v) is 6.02. The molecule has 0 aliphatic rings. The Kier molecular flexibility index (Phi) is 8.66. The van der Waals surface area contributed by atoms with E-state index in [1.54, 1.807) is 6.20 Å². The van der Waals surface area contributed by atoms with Crippen molar-refractivity contribution in [2.24, 2.45) is 0 Å². The van der Waals surface area contributed by atoms with Crippen molar-refractivity contribution < 1.29 is 32.6 Å². The molecule has 0 aliphatic heterocycles. The molecule has 0 atom stereocenters. The minimum atomic E-state index is -5.08. The normalized spacial score (nSPS) is 10.6. The second-order valence-electron chi connectivity index (χ2n) is 5.05. The van der Waals surface area contributed by atoms with Crippen LogP contribution in [-0.2, 0) is 22.6 Å². The number of alkyl halides is 3. The summed E-state index contributed by atoms with van der Waals surface area (Å²) in [6.07, 6.45) is -2.59. The van der Waals surface area contributed by atoms with E-state index >= 15 is 0 Å². The summed E-state index contributed by atoms with van der Waals surface area (Å²) in [5.74, 6) is -2.25. The van der Waals surface area contributed by atoms with Crippen molar-refractivity contribution in [1.82, 2.24) is 15.3 Å². The van der Waals surface area contributed by atoms with Crippen LogP contribution < -0.4 is 10.1 Å². The largest absolute Gasteiger partial charge is 0.490 e. The number of pyridine rings is 1. The fraction of sp³-hybridized carbons (Fsp3) is 0.375. The predicted molar refractivity (Wildman–Crippen MR) is 91.5 cm³/mol. The number of carboxylic acids is 1. The van der Waals surface area contributed by atoms with E-state index in [1.165, 1.54) is 11.3 Å². The van der Waals surface area contributed by atoms with Gasteiger partial charge in [0.2, 0.25) is 0 Å². The van der Waals surface area contributed by atoms with Crippen LogP contribution >= 0.6 is 11.3 Å². The molecule has 0 saturated heterocycles. The van der Waals surface area contributed by atoms with Crippen LogP contribution in [0.2, 0.25) is 0 Å². The highest BCUT2D eigenvalue weighted by Crippen LogP contribution is 2.17. The van der Waals surface area contributed by atoms with Gasteiger partial charge in [-0.25, -0.2) is 9.78 Å². The van der Waals surface area contributed by atoms with Gasteiger partial charge in [-0.3, -0.25) is 9.78 Å². The lowest BCUT2D eigenvalue weighted by Crippen LogP contribution is -2.28. The second kappa shape index (κ2) is 10.5. The topological polar surface area (TPSA) is 101 Å². The first kappa shape index (κ1) is 22.4. The molecule has 2 rings (SSSR count). The van der Waals surface area contributed by atoms with Crippen LogP contribution in [0.5, 0.6) is 5.75 Å². The highest BCUT2D eigenvalue weighted by Gasteiger charge is 2.38. The van der Waals surface area contributed by atoms with Crippen LogP contribution in [0.25, 0.3) is 0 Å². The van der Waals surface area contributed by atoms with E-state index in [4.69, 9.17) is 14.6 Å². The molecule has 0 aliphatic carbocycles. The van der Waals surface area contributed by atoms with Gasteiger partial charge in [0.25, 0.3) is 5.91 Å². The number of nitrogens with zero attached hydrogens (tertiary/aromatic N) is 2. The number of aromatic nitrogens is 2. The fourth-order valence-corrected chi connectivity index (χ4v) is 2.25. The average molecular weight is 405 g/mol. The summed E-state index contributed by atoms with van der Waals surface area (Å²) in [7, 11) is 0. The first-order chi connectivity index (χ1) is 12.6. The molecule has 2 aromatic heterocycles. The van der Waals surface area contributed by atoms with E-state index in [-0.39, 0.29) is 12.5 Å². The molecule has 0 fully saturated rings. The van der Waals surface area contributed by atoms with Gasteiger partial charge in [0.15, 0.2) is 6.61 Å². The monoisotopic (exact) mass is 405 g/mol. The minimum Gasteiger partial charge on any atom is -0.482 e. The molecule has 1 amide bonds. The molecule has 0 unspecified atom stereocenters. The zero-order chi connectivity index (χ0) is 20.4. The maximum absolute atomic E-state index is 11.7. The number of aryl methyl sites for hydroxylation is 2. The summed E-state index contributed by atoms with van der Waals surface area (Å²) in [6, 6.07) is 3.73. The van der Waals surface area contributed by atoms with E-state index in [1.807, 2.05) is 31.4 Å². The van der Waals surface area contributed by atoms with Gasteiger partial charge in [-0.1, -0.05) is 6.92 Å². The average Bonchev–Trinajstić information content (AvgIpc) is 3.12. The first-order valence-corrected chi connectivity index (χ1v) is 8.56. The predicted octanol–water partition coefficient (Wildman–Crippen LogP) is 2.74. The summed E-state index contributed by atoms with van der Waals surface area (Å²) >= 11 is 1.51. The van der Waals surface area contributed by atoms with Crippen LogP contribution in [0.15, 0.2) is 23.7 Å². The smallest absolute Gasteiger partial charge is 0.482 e. The van der Waals surface area contributed by atoms with Crippen LogP contribution in [0.4, 0.5) is 13.2 Å².